The Labute approximate surface area is 134 Å². The second-order valence-corrected chi connectivity index (χ2v) is 6.03. The van der Waals surface area contributed by atoms with Gasteiger partial charge in [-0.2, -0.15) is 0 Å². The number of amides is 1. The summed E-state index contributed by atoms with van der Waals surface area (Å²) in [7, 11) is 0. The minimum absolute atomic E-state index is 0.0265. The molecule has 1 aromatic carbocycles. The van der Waals surface area contributed by atoms with E-state index in [1.54, 1.807) is 0 Å². The summed E-state index contributed by atoms with van der Waals surface area (Å²) in [5, 5.41) is 6.10. The molecule has 1 aromatic rings. The van der Waals surface area contributed by atoms with E-state index in [1.807, 2.05) is 12.1 Å². The van der Waals surface area contributed by atoms with Crippen LogP contribution in [0.2, 0.25) is 0 Å². The van der Waals surface area contributed by atoms with Gasteiger partial charge in [0.2, 0.25) is 5.91 Å². The number of benzene rings is 1. The standard InChI is InChI=1S/C18H29N3O/c1-2-3-12-19-15-18(22)20-16-8-10-17(11-9-16)21-13-6-4-5-7-14-21/h8-11,19H,2-7,12-15H2,1H3,(H,20,22). The van der Waals surface area contributed by atoms with Crippen LogP contribution in [0.15, 0.2) is 24.3 Å². The van der Waals surface area contributed by atoms with Gasteiger partial charge in [-0.3, -0.25) is 4.79 Å². The molecule has 0 aliphatic carbocycles. The molecule has 1 aliphatic heterocycles. The van der Waals surface area contributed by atoms with Crippen LogP contribution >= 0.6 is 0 Å². The molecule has 4 nitrogen and oxygen atoms in total. The van der Waals surface area contributed by atoms with Crippen LogP contribution in [0.4, 0.5) is 11.4 Å². The first-order valence-corrected chi connectivity index (χ1v) is 8.65. The van der Waals surface area contributed by atoms with E-state index in [0.717, 1.165) is 38.2 Å². The van der Waals surface area contributed by atoms with Crippen molar-refractivity contribution in [2.75, 3.05) is 36.4 Å². The molecular formula is C18H29N3O. The minimum atomic E-state index is 0.0265. The summed E-state index contributed by atoms with van der Waals surface area (Å²) in [5.41, 5.74) is 2.14. The molecule has 1 amide bonds. The van der Waals surface area contributed by atoms with Crippen molar-refractivity contribution < 1.29 is 4.79 Å². The van der Waals surface area contributed by atoms with Gasteiger partial charge < -0.3 is 15.5 Å². The normalized spacial score (nSPS) is 15.4. The maximum absolute atomic E-state index is 11.8. The number of carbonyl (C=O) groups excluding carboxylic acids is 1. The van der Waals surface area contributed by atoms with Gasteiger partial charge in [0, 0.05) is 24.5 Å². The highest BCUT2D eigenvalue weighted by molar-refractivity contribution is 5.92. The summed E-state index contributed by atoms with van der Waals surface area (Å²) in [6.45, 7) is 5.72. The molecule has 122 valence electrons. The Balaban J connectivity index is 1.79. The smallest absolute Gasteiger partial charge is 0.238 e. The second-order valence-electron chi connectivity index (χ2n) is 6.03. The summed E-state index contributed by atoms with van der Waals surface area (Å²) in [5.74, 6) is 0.0265. The van der Waals surface area contributed by atoms with Gasteiger partial charge in [0.15, 0.2) is 0 Å². The van der Waals surface area contributed by atoms with Crippen LogP contribution in [-0.2, 0) is 4.79 Å². The molecule has 0 aromatic heterocycles. The maximum Gasteiger partial charge on any atom is 0.238 e. The number of nitrogens with one attached hydrogen (secondary N) is 2. The van der Waals surface area contributed by atoms with E-state index >= 15 is 0 Å². The molecule has 0 saturated carbocycles. The summed E-state index contributed by atoms with van der Waals surface area (Å²) >= 11 is 0. The highest BCUT2D eigenvalue weighted by Gasteiger charge is 2.10. The van der Waals surface area contributed by atoms with Crippen molar-refractivity contribution in [2.24, 2.45) is 0 Å². The van der Waals surface area contributed by atoms with E-state index in [-0.39, 0.29) is 5.91 Å². The van der Waals surface area contributed by atoms with Crippen molar-refractivity contribution >= 4 is 17.3 Å². The topological polar surface area (TPSA) is 44.4 Å². The van der Waals surface area contributed by atoms with Crippen LogP contribution in [0, 0.1) is 0 Å². The second kappa shape index (κ2) is 9.46. The lowest BCUT2D eigenvalue weighted by Crippen LogP contribution is -2.28. The van der Waals surface area contributed by atoms with Crippen LogP contribution in [0.3, 0.4) is 0 Å². The molecule has 22 heavy (non-hydrogen) atoms. The van der Waals surface area contributed by atoms with Gasteiger partial charge >= 0.3 is 0 Å². The molecule has 2 N–H and O–H groups in total. The van der Waals surface area contributed by atoms with Crippen LogP contribution < -0.4 is 15.5 Å². The third-order valence-electron chi connectivity index (χ3n) is 4.11. The number of unbranched alkanes of at least 4 members (excludes halogenated alkanes) is 1. The van der Waals surface area contributed by atoms with Gasteiger partial charge in [-0.1, -0.05) is 26.2 Å². The van der Waals surface area contributed by atoms with Gasteiger partial charge in [0.1, 0.15) is 0 Å². The Hall–Kier alpha value is -1.55. The van der Waals surface area contributed by atoms with Crippen molar-refractivity contribution in [3.8, 4) is 0 Å². The molecule has 0 atom stereocenters. The van der Waals surface area contributed by atoms with Crippen molar-refractivity contribution in [3.05, 3.63) is 24.3 Å². The first-order chi connectivity index (χ1) is 10.8. The molecule has 1 fully saturated rings. The van der Waals surface area contributed by atoms with Gasteiger partial charge in [-0.05, 0) is 50.1 Å². The Morgan fingerprint density at radius 1 is 1.09 bits per heavy atom. The predicted octanol–water partition coefficient (Wildman–Crippen LogP) is 3.40. The third kappa shape index (κ3) is 5.68. The number of rotatable bonds is 7. The molecule has 1 aliphatic rings. The highest BCUT2D eigenvalue weighted by Crippen LogP contribution is 2.21. The SMILES string of the molecule is CCCCNCC(=O)Nc1ccc(N2CCCCCC2)cc1. The fourth-order valence-electron chi connectivity index (χ4n) is 2.79. The quantitative estimate of drug-likeness (QED) is 0.759. The van der Waals surface area contributed by atoms with Gasteiger partial charge in [-0.15, -0.1) is 0 Å². The largest absolute Gasteiger partial charge is 0.372 e. The Kier molecular flexibility index (Phi) is 7.23. The van der Waals surface area contributed by atoms with E-state index in [4.69, 9.17) is 0 Å². The summed E-state index contributed by atoms with van der Waals surface area (Å²) < 4.78 is 0. The lowest BCUT2D eigenvalue weighted by Gasteiger charge is -2.22. The number of hydrogen-bond donors (Lipinski definition) is 2. The molecule has 2 rings (SSSR count). The molecular weight excluding hydrogens is 274 g/mol. The van der Waals surface area contributed by atoms with E-state index in [9.17, 15) is 4.79 Å². The van der Waals surface area contributed by atoms with E-state index < -0.39 is 0 Å². The highest BCUT2D eigenvalue weighted by atomic mass is 16.1. The Morgan fingerprint density at radius 3 is 2.41 bits per heavy atom. The lowest BCUT2D eigenvalue weighted by molar-refractivity contribution is -0.115. The maximum atomic E-state index is 11.8. The van der Waals surface area contributed by atoms with E-state index in [1.165, 1.54) is 31.4 Å². The van der Waals surface area contributed by atoms with E-state index in [2.05, 4.69) is 34.6 Å². The van der Waals surface area contributed by atoms with Crippen molar-refractivity contribution in [3.63, 3.8) is 0 Å². The van der Waals surface area contributed by atoms with Gasteiger partial charge in [0.05, 0.1) is 6.54 Å². The van der Waals surface area contributed by atoms with Crippen LogP contribution in [0.5, 0.6) is 0 Å². The van der Waals surface area contributed by atoms with Crippen LogP contribution in [0.1, 0.15) is 45.4 Å². The van der Waals surface area contributed by atoms with Crippen LogP contribution in [-0.4, -0.2) is 32.1 Å². The first-order valence-electron chi connectivity index (χ1n) is 8.65. The van der Waals surface area contributed by atoms with Crippen LogP contribution in [0.25, 0.3) is 0 Å². The third-order valence-corrected chi connectivity index (χ3v) is 4.11. The van der Waals surface area contributed by atoms with Gasteiger partial charge in [0.25, 0.3) is 0 Å². The molecule has 4 heteroatoms. The lowest BCUT2D eigenvalue weighted by atomic mass is 10.2. The number of hydrogen-bond acceptors (Lipinski definition) is 3. The summed E-state index contributed by atoms with van der Waals surface area (Å²) in [6.07, 6.45) is 7.50. The molecule has 0 spiro atoms. The first kappa shape index (κ1) is 16.8. The number of carbonyl (C=O) groups is 1. The molecule has 0 radical (unpaired) electrons. The van der Waals surface area contributed by atoms with Crippen molar-refractivity contribution in [2.45, 2.75) is 45.4 Å². The molecule has 1 heterocycles. The fourth-order valence-corrected chi connectivity index (χ4v) is 2.79. The fraction of sp³-hybridized carbons (Fsp3) is 0.611. The molecule has 0 bridgehead atoms. The molecule has 0 unspecified atom stereocenters. The number of nitrogens with zero attached hydrogens (tertiary/aromatic N) is 1. The summed E-state index contributed by atoms with van der Waals surface area (Å²) in [4.78, 5) is 14.3. The Bertz CT molecular complexity index is 436. The minimum Gasteiger partial charge on any atom is -0.372 e. The molecule has 1 saturated heterocycles. The monoisotopic (exact) mass is 303 g/mol. The zero-order valence-electron chi connectivity index (χ0n) is 13.7. The Morgan fingerprint density at radius 2 is 1.77 bits per heavy atom. The average molecular weight is 303 g/mol. The summed E-state index contributed by atoms with van der Waals surface area (Å²) in [6, 6.07) is 8.24. The van der Waals surface area contributed by atoms with Gasteiger partial charge in [-0.25, -0.2) is 0 Å². The number of anilines is 2. The average Bonchev–Trinajstić information content (AvgIpc) is 2.82. The van der Waals surface area contributed by atoms with Crippen molar-refractivity contribution in [1.29, 1.82) is 0 Å². The van der Waals surface area contributed by atoms with E-state index in [0.29, 0.717) is 6.54 Å². The zero-order valence-corrected chi connectivity index (χ0v) is 13.7. The zero-order chi connectivity index (χ0) is 15.6. The van der Waals surface area contributed by atoms with Crippen molar-refractivity contribution in [1.82, 2.24) is 5.32 Å². The predicted molar refractivity (Wildman–Crippen MR) is 93.5 cm³/mol.